The Morgan fingerprint density at radius 3 is 2.39 bits per heavy atom. The van der Waals surface area contributed by atoms with Crippen LogP contribution in [0.5, 0.6) is 0 Å². The first-order valence-electron chi connectivity index (χ1n) is 6.79. The molecule has 98 valence electrons. The lowest BCUT2D eigenvalue weighted by Gasteiger charge is -2.30. The first-order chi connectivity index (χ1) is 8.63. The van der Waals surface area contributed by atoms with Gasteiger partial charge in [0.1, 0.15) is 0 Å². The van der Waals surface area contributed by atoms with Gasteiger partial charge in [-0.2, -0.15) is 0 Å². The van der Waals surface area contributed by atoms with Crippen molar-refractivity contribution in [1.82, 2.24) is 5.32 Å². The summed E-state index contributed by atoms with van der Waals surface area (Å²) in [6.45, 7) is 4.33. The van der Waals surface area contributed by atoms with E-state index in [0.29, 0.717) is 0 Å². The monoisotopic (exact) mass is 262 g/mol. The molecule has 1 aliphatic carbocycles. The minimum absolute atomic E-state index is 0.231. The van der Waals surface area contributed by atoms with E-state index in [9.17, 15) is 0 Å². The van der Waals surface area contributed by atoms with Crippen LogP contribution in [0.2, 0.25) is 0 Å². The molecule has 0 heterocycles. The topological polar surface area (TPSA) is 24.1 Å². The molecule has 0 radical (unpaired) electrons. The fourth-order valence-electron chi connectivity index (χ4n) is 2.66. The second-order valence-corrected chi connectivity index (χ2v) is 5.69. The molecule has 2 nitrogen and oxygen atoms in total. The maximum Gasteiger partial charge on any atom is 0.171 e. The van der Waals surface area contributed by atoms with Gasteiger partial charge in [0.25, 0.3) is 0 Å². The Hall–Kier alpha value is -1.09. The Morgan fingerprint density at radius 1 is 1.22 bits per heavy atom. The van der Waals surface area contributed by atoms with Gasteiger partial charge >= 0.3 is 0 Å². The molecular formula is C15H22N2S. The van der Waals surface area contributed by atoms with Crippen LogP contribution in [0.15, 0.2) is 24.3 Å². The molecule has 18 heavy (non-hydrogen) atoms. The Bertz CT molecular complexity index is 405. The van der Waals surface area contributed by atoms with E-state index in [-0.39, 0.29) is 5.54 Å². The van der Waals surface area contributed by atoms with Crippen molar-refractivity contribution in [1.29, 1.82) is 0 Å². The van der Waals surface area contributed by atoms with Gasteiger partial charge in [0.15, 0.2) is 5.11 Å². The summed E-state index contributed by atoms with van der Waals surface area (Å²) in [5.41, 5.74) is 2.55. The van der Waals surface area contributed by atoms with E-state index < -0.39 is 0 Å². The minimum atomic E-state index is 0.231. The van der Waals surface area contributed by atoms with Crippen LogP contribution >= 0.6 is 12.2 Å². The van der Waals surface area contributed by atoms with Gasteiger partial charge in [-0.05, 0) is 50.5 Å². The summed E-state index contributed by atoms with van der Waals surface area (Å²) in [5, 5.41) is 7.55. The zero-order valence-electron chi connectivity index (χ0n) is 11.3. The number of thiocarbonyl (C=S) groups is 1. The first-order valence-corrected chi connectivity index (χ1v) is 7.20. The van der Waals surface area contributed by atoms with Crippen molar-refractivity contribution in [2.75, 3.05) is 5.32 Å². The van der Waals surface area contributed by atoms with Crippen LogP contribution in [0.1, 0.15) is 44.6 Å². The van der Waals surface area contributed by atoms with Gasteiger partial charge in [0, 0.05) is 11.2 Å². The van der Waals surface area contributed by atoms with Gasteiger partial charge in [0.05, 0.1) is 0 Å². The summed E-state index contributed by atoms with van der Waals surface area (Å²) in [5.74, 6) is 0. The molecule has 1 aromatic rings. The quantitative estimate of drug-likeness (QED) is 0.805. The highest BCUT2D eigenvalue weighted by molar-refractivity contribution is 7.80. The van der Waals surface area contributed by atoms with E-state index in [1.165, 1.54) is 31.2 Å². The third kappa shape index (κ3) is 3.22. The minimum Gasteiger partial charge on any atom is -0.357 e. The van der Waals surface area contributed by atoms with Gasteiger partial charge < -0.3 is 10.6 Å². The smallest absolute Gasteiger partial charge is 0.171 e. The highest BCUT2D eigenvalue weighted by Crippen LogP contribution is 2.32. The maximum atomic E-state index is 5.42. The molecule has 1 aromatic carbocycles. The number of nitrogens with one attached hydrogen (secondary N) is 2. The molecule has 1 fully saturated rings. The van der Waals surface area contributed by atoms with Crippen molar-refractivity contribution < 1.29 is 0 Å². The molecule has 2 rings (SSSR count). The standard InChI is InChI=1S/C15H22N2S/c1-3-15(10-4-5-11-15)17-14(18)16-13-8-6-12(2)7-9-13/h6-9H,3-5,10-11H2,1-2H3,(H2,16,17,18). The Labute approximate surface area is 115 Å². The van der Waals surface area contributed by atoms with Crippen molar-refractivity contribution >= 4 is 23.0 Å². The number of aryl methyl sites for hydroxylation is 1. The molecule has 3 heteroatoms. The zero-order valence-corrected chi connectivity index (χ0v) is 12.1. The fourth-order valence-corrected chi connectivity index (χ4v) is 2.99. The van der Waals surface area contributed by atoms with Gasteiger partial charge in [0.2, 0.25) is 0 Å². The van der Waals surface area contributed by atoms with Gasteiger partial charge in [-0.3, -0.25) is 0 Å². The number of benzene rings is 1. The van der Waals surface area contributed by atoms with E-state index in [4.69, 9.17) is 12.2 Å². The number of rotatable bonds is 3. The molecule has 0 saturated heterocycles. The van der Waals surface area contributed by atoms with E-state index in [2.05, 4.69) is 48.7 Å². The molecule has 0 amide bonds. The van der Waals surface area contributed by atoms with Crippen molar-refractivity contribution in [3.63, 3.8) is 0 Å². The normalized spacial score (nSPS) is 17.4. The fraction of sp³-hybridized carbons (Fsp3) is 0.533. The molecule has 2 N–H and O–H groups in total. The molecule has 0 bridgehead atoms. The maximum absolute atomic E-state index is 5.42. The van der Waals surface area contributed by atoms with Crippen LogP contribution in [0.3, 0.4) is 0 Å². The largest absolute Gasteiger partial charge is 0.357 e. The number of anilines is 1. The van der Waals surface area contributed by atoms with Crippen LogP contribution in [0, 0.1) is 6.92 Å². The van der Waals surface area contributed by atoms with Crippen LogP contribution < -0.4 is 10.6 Å². The molecule has 0 aromatic heterocycles. The zero-order chi connectivity index (χ0) is 13.0. The van der Waals surface area contributed by atoms with Gasteiger partial charge in [-0.25, -0.2) is 0 Å². The third-order valence-corrected chi connectivity index (χ3v) is 4.13. The second-order valence-electron chi connectivity index (χ2n) is 5.29. The summed E-state index contributed by atoms with van der Waals surface area (Å²) in [6.07, 6.45) is 6.24. The first kappa shape index (κ1) is 13.3. The van der Waals surface area contributed by atoms with E-state index in [0.717, 1.165) is 17.2 Å². The van der Waals surface area contributed by atoms with Gasteiger partial charge in [-0.1, -0.05) is 37.5 Å². The Morgan fingerprint density at radius 2 is 1.83 bits per heavy atom. The average Bonchev–Trinajstić information content (AvgIpc) is 2.81. The van der Waals surface area contributed by atoms with Crippen molar-refractivity contribution in [2.24, 2.45) is 0 Å². The molecule has 0 atom stereocenters. The van der Waals surface area contributed by atoms with E-state index in [1.54, 1.807) is 0 Å². The molecule has 0 aliphatic heterocycles. The predicted molar refractivity (Wildman–Crippen MR) is 82.0 cm³/mol. The Kier molecular flexibility index (Phi) is 4.23. The van der Waals surface area contributed by atoms with Gasteiger partial charge in [-0.15, -0.1) is 0 Å². The number of hydrogen-bond donors (Lipinski definition) is 2. The highest BCUT2D eigenvalue weighted by Gasteiger charge is 2.32. The third-order valence-electron chi connectivity index (χ3n) is 3.93. The van der Waals surface area contributed by atoms with Crippen LogP contribution in [-0.4, -0.2) is 10.7 Å². The molecule has 0 spiro atoms. The predicted octanol–water partition coefficient (Wildman–Crippen LogP) is 4.00. The SMILES string of the molecule is CCC1(NC(=S)Nc2ccc(C)cc2)CCCC1. The molecule has 1 saturated carbocycles. The lowest BCUT2D eigenvalue weighted by atomic mass is 9.95. The summed E-state index contributed by atoms with van der Waals surface area (Å²) in [6, 6.07) is 8.32. The highest BCUT2D eigenvalue weighted by atomic mass is 32.1. The lowest BCUT2D eigenvalue weighted by molar-refractivity contribution is 0.378. The summed E-state index contributed by atoms with van der Waals surface area (Å²) < 4.78 is 0. The summed E-state index contributed by atoms with van der Waals surface area (Å²) in [4.78, 5) is 0. The summed E-state index contributed by atoms with van der Waals surface area (Å²) in [7, 11) is 0. The Balaban J connectivity index is 1.94. The lowest BCUT2D eigenvalue weighted by Crippen LogP contribution is -2.47. The summed E-state index contributed by atoms with van der Waals surface area (Å²) >= 11 is 5.42. The van der Waals surface area contributed by atoms with E-state index in [1.807, 2.05) is 0 Å². The average molecular weight is 262 g/mol. The van der Waals surface area contributed by atoms with Crippen LogP contribution in [-0.2, 0) is 0 Å². The second kappa shape index (κ2) is 5.70. The van der Waals surface area contributed by atoms with Crippen LogP contribution in [0.25, 0.3) is 0 Å². The molecule has 0 unspecified atom stereocenters. The van der Waals surface area contributed by atoms with Crippen molar-refractivity contribution in [2.45, 2.75) is 51.5 Å². The van der Waals surface area contributed by atoms with Crippen LogP contribution in [0.4, 0.5) is 5.69 Å². The number of hydrogen-bond acceptors (Lipinski definition) is 1. The van der Waals surface area contributed by atoms with Crippen molar-refractivity contribution in [3.05, 3.63) is 29.8 Å². The van der Waals surface area contributed by atoms with Crippen molar-refractivity contribution in [3.8, 4) is 0 Å². The molecular weight excluding hydrogens is 240 g/mol. The molecule has 1 aliphatic rings. The van der Waals surface area contributed by atoms with E-state index >= 15 is 0 Å².